The molecule has 2 amide bonds. The number of nitrogens with one attached hydrogen (secondary N) is 2. The number of methoxy groups -OCH3 is 1. The van der Waals surface area contributed by atoms with Crippen LogP contribution >= 0.6 is 0 Å². The van der Waals surface area contributed by atoms with Crippen molar-refractivity contribution in [1.82, 2.24) is 10.9 Å². The summed E-state index contributed by atoms with van der Waals surface area (Å²) in [6, 6.07) is 11.5. The molecular formula is C21H24FN3O3. The van der Waals surface area contributed by atoms with Crippen LogP contribution in [0.2, 0.25) is 0 Å². The Morgan fingerprint density at radius 2 is 1.75 bits per heavy atom. The molecule has 148 valence electrons. The van der Waals surface area contributed by atoms with Crippen LogP contribution in [0.15, 0.2) is 48.5 Å². The van der Waals surface area contributed by atoms with Crippen LogP contribution in [-0.2, 0) is 4.79 Å². The summed E-state index contributed by atoms with van der Waals surface area (Å²) in [7, 11) is 1.38. The molecule has 0 fully saturated rings. The second-order valence-electron chi connectivity index (χ2n) is 5.89. The van der Waals surface area contributed by atoms with Crippen LogP contribution in [0.25, 0.3) is 6.08 Å². The van der Waals surface area contributed by atoms with E-state index in [1.54, 1.807) is 18.2 Å². The standard InChI is InChI=1S/C21H24FN3O3/c1-4-25(5-2)17-10-8-16(9-11-17)21(27)24-23-20(26)13-7-15-6-12-19(28-3)18(22)14-15/h6-14H,4-5H2,1-3H3,(H,23,26)(H,24,27)/b13-7+. The van der Waals surface area contributed by atoms with Gasteiger partial charge < -0.3 is 9.64 Å². The zero-order chi connectivity index (χ0) is 20.5. The first kappa shape index (κ1) is 21.0. The van der Waals surface area contributed by atoms with Crippen molar-refractivity contribution in [3.8, 4) is 5.75 Å². The first-order chi connectivity index (χ1) is 13.5. The van der Waals surface area contributed by atoms with Crippen LogP contribution in [0.1, 0.15) is 29.8 Å². The molecule has 7 heteroatoms. The van der Waals surface area contributed by atoms with Crippen LogP contribution in [0.5, 0.6) is 5.75 Å². The zero-order valence-corrected chi connectivity index (χ0v) is 16.2. The van der Waals surface area contributed by atoms with Crippen molar-refractivity contribution in [2.24, 2.45) is 0 Å². The summed E-state index contributed by atoms with van der Waals surface area (Å²) in [5.41, 5.74) is 6.59. The molecule has 2 aromatic carbocycles. The fourth-order valence-electron chi connectivity index (χ4n) is 2.60. The number of ether oxygens (including phenoxy) is 1. The Morgan fingerprint density at radius 1 is 1.07 bits per heavy atom. The molecule has 28 heavy (non-hydrogen) atoms. The van der Waals surface area contributed by atoms with Crippen LogP contribution in [0, 0.1) is 5.82 Å². The van der Waals surface area contributed by atoms with Gasteiger partial charge in [-0.2, -0.15) is 0 Å². The molecule has 0 atom stereocenters. The lowest BCUT2D eigenvalue weighted by Crippen LogP contribution is -2.40. The van der Waals surface area contributed by atoms with Gasteiger partial charge in [-0.3, -0.25) is 20.4 Å². The summed E-state index contributed by atoms with van der Waals surface area (Å²) in [4.78, 5) is 26.1. The van der Waals surface area contributed by atoms with Gasteiger partial charge in [0.15, 0.2) is 11.6 Å². The number of amides is 2. The van der Waals surface area contributed by atoms with E-state index in [9.17, 15) is 14.0 Å². The van der Waals surface area contributed by atoms with Crippen LogP contribution < -0.4 is 20.5 Å². The summed E-state index contributed by atoms with van der Waals surface area (Å²) in [6.45, 7) is 5.88. The average molecular weight is 385 g/mol. The number of nitrogens with zero attached hydrogens (tertiary/aromatic N) is 1. The normalized spacial score (nSPS) is 10.6. The molecule has 0 aliphatic rings. The topological polar surface area (TPSA) is 70.7 Å². The van der Waals surface area contributed by atoms with E-state index in [0.717, 1.165) is 18.8 Å². The molecule has 0 aromatic heterocycles. The van der Waals surface area contributed by atoms with Crippen molar-refractivity contribution < 1.29 is 18.7 Å². The molecule has 2 rings (SSSR count). The number of benzene rings is 2. The highest BCUT2D eigenvalue weighted by molar-refractivity contribution is 5.98. The summed E-state index contributed by atoms with van der Waals surface area (Å²) in [5.74, 6) is -1.36. The predicted molar refractivity (Wildman–Crippen MR) is 108 cm³/mol. The van der Waals surface area contributed by atoms with Crippen LogP contribution in [0.3, 0.4) is 0 Å². The molecule has 0 radical (unpaired) electrons. The highest BCUT2D eigenvalue weighted by Crippen LogP contribution is 2.18. The SMILES string of the molecule is CCN(CC)c1ccc(C(=O)NNC(=O)/C=C/c2ccc(OC)c(F)c2)cc1. The Hall–Kier alpha value is -3.35. The van der Waals surface area contributed by atoms with Gasteiger partial charge in [-0.25, -0.2) is 4.39 Å². The van der Waals surface area contributed by atoms with Crippen molar-refractivity contribution in [3.63, 3.8) is 0 Å². The molecule has 2 N–H and O–H groups in total. The first-order valence-corrected chi connectivity index (χ1v) is 8.95. The maximum absolute atomic E-state index is 13.6. The quantitative estimate of drug-likeness (QED) is 0.567. The second kappa shape index (κ2) is 10.1. The Balaban J connectivity index is 1.89. The molecule has 0 bridgehead atoms. The lowest BCUT2D eigenvalue weighted by molar-refractivity contribution is -0.117. The summed E-state index contributed by atoms with van der Waals surface area (Å²) in [5, 5.41) is 0. The maximum Gasteiger partial charge on any atom is 0.269 e. The van der Waals surface area contributed by atoms with Gasteiger partial charge in [-0.15, -0.1) is 0 Å². The van der Waals surface area contributed by atoms with Crippen LogP contribution in [0.4, 0.5) is 10.1 Å². The van der Waals surface area contributed by atoms with E-state index in [1.807, 2.05) is 12.1 Å². The minimum absolute atomic E-state index is 0.126. The fraction of sp³-hybridized carbons (Fsp3) is 0.238. The summed E-state index contributed by atoms with van der Waals surface area (Å²) in [6.07, 6.45) is 2.63. The van der Waals surface area contributed by atoms with Gasteiger partial charge in [-0.05, 0) is 61.9 Å². The van der Waals surface area contributed by atoms with Gasteiger partial charge in [0, 0.05) is 30.4 Å². The lowest BCUT2D eigenvalue weighted by atomic mass is 10.2. The molecule has 0 aliphatic carbocycles. The van der Waals surface area contributed by atoms with Crippen molar-refractivity contribution in [2.45, 2.75) is 13.8 Å². The lowest BCUT2D eigenvalue weighted by Gasteiger charge is -2.21. The maximum atomic E-state index is 13.6. The minimum atomic E-state index is -0.538. The Morgan fingerprint density at radius 3 is 2.32 bits per heavy atom. The molecule has 0 spiro atoms. The first-order valence-electron chi connectivity index (χ1n) is 8.95. The summed E-state index contributed by atoms with van der Waals surface area (Å²) >= 11 is 0. The van der Waals surface area contributed by atoms with Gasteiger partial charge in [0.1, 0.15) is 0 Å². The highest BCUT2D eigenvalue weighted by Gasteiger charge is 2.08. The molecular weight excluding hydrogens is 361 g/mol. The molecule has 0 saturated carbocycles. The van der Waals surface area contributed by atoms with E-state index in [0.29, 0.717) is 11.1 Å². The number of halogens is 1. The molecule has 6 nitrogen and oxygen atoms in total. The van der Waals surface area contributed by atoms with E-state index in [4.69, 9.17) is 4.74 Å². The van der Waals surface area contributed by atoms with Crippen molar-refractivity contribution in [1.29, 1.82) is 0 Å². The van der Waals surface area contributed by atoms with Crippen molar-refractivity contribution in [3.05, 3.63) is 65.5 Å². The smallest absolute Gasteiger partial charge is 0.269 e. The van der Waals surface area contributed by atoms with Gasteiger partial charge >= 0.3 is 0 Å². The Labute approximate surface area is 164 Å². The third-order valence-corrected chi connectivity index (χ3v) is 4.16. The van der Waals surface area contributed by atoms with Gasteiger partial charge in [-0.1, -0.05) is 6.07 Å². The van der Waals surface area contributed by atoms with Gasteiger partial charge in [0.2, 0.25) is 0 Å². The molecule has 2 aromatic rings. The largest absolute Gasteiger partial charge is 0.494 e. The fourth-order valence-corrected chi connectivity index (χ4v) is 2.60. The third kappa shape index (κ3) is 5.57. The summed E-state index contributed by atoms with van der Waals surface area (Å²) < 4.78 is 18.5. The Kier molecular flexibility index (Phi) is 7.56. The zero-order valence-electron chi connectivity index (χ0n) is 16.2. The van der Waals surface area contributed by atoms with Crippen LogP contribution in [-0.4, -0.2) is 32.0 Å². The molecule has 0 unspecified atom stereocenters. The van der Waals surface area contributed by atoms with Crippen molar-refractivity contribution in [2.75, 3.05) is 25.1 Å². The predicted octanol–water partition coefficient (Wildman–Crippen LogP) is 3.15. The van der Waals surface area contributed by atoms with E-state index >= 15 is 0 Å². The number of carbonyl (C=O) groups is 2. The number of hydrazine groups is 1. The highest BCUT2D eigenvalue weighted by atomic mass is 19.1. The van der Waals surface area contributed by atoms with E-state index in [-0.39, 0.29) is 5.75 Å². The Bertz CT molecular complexity index is 846. The van der Waals surface area contributed by atoms with E-state index < -0.39 is 17.6 Å². The monoisotopic (exact) mass is 385 g/mol. The third-order valence-electron chi connectivity index (χ3n) is 4.16. The average Bonchev–Trinajstić information content (AvgIpc) is 2.72. The van der Waals surface area contributed by atoms with Crippen molar-refractivity contribution >= 4 is 23.6 Å². The molecule has 0 heterocycles. The molecule has 0 aliphatic heterocycles. The van der Waals surface area contributed by atoms with Gasteiger partial charge in [0.05, 0.1) is 7.11 Å². The van der Waals surface area contributed by atoms with Gasteiger partial charge in [0.25, 0.3) is 11.8 Å². The minimum Gasteiger partial charge on any atom is -0.494 e. The number of carbonyl (C=O) groups excluding carboxylic acids is 2. The number of hydrogen-bond acceptors (Lipinski definition) is 4. The van der Waals surface area contributed by atoms with E-state index in [2.05, 4.69) is 29.6 Å². The second-order valence-corrected chi connectivity index (χ2v) is 5.89. The number of hydrogen-bond donors (Lipinski definition) is 2. The van der Waals surface area contributed by atoms with E-state index in [1.165, 1.54) is 31.4 Å². The molecule has 0 saturated heterocycles. The number of rotatable bonds is 7. The number of anilines is 1.